The summed E-state index contributed by atoms with van der Waals surface area (Å²) >= 11 is 0. The van der Waals surface area contributed by atoms with Gasteiger partial charge in [-0.3, -0.25) is 4.98 Å². The van der Waals surface area contributed by atoms with Crippen LogP contribution < -0.4 is 0 Å². The van der Waals surface area contributed by atoms with E-state index in [0.717, 1.165) is 18.4 Å². The molecule has 0 fully saturated rings. The summed E-state index contributed by atoms with van der Waals surface area (Å²) in [7, 11) is 0. The second-order valence-corrected chi connectivity index (χ2v) is 6.89. The Kier molecular flexibility index (Phi) is 10.7. The number of hydrogen-bond acceptors (Lipinski definition) is 2. The van der Waals surface area contributed by atoms with E-state index < -0.39 is 0 Å². The van der Waals surface area contributed by atoms with E-state index in [0.29, 0.717) is 5.92 Å². The lowest BCUT2D eigenvalue weighted by Crippen LogP contribution is -1.96. The smallest absolute Gasteiger partial charge is 0.194 e. The first-order valence-corrected chi connectivity index (χ1v) is 9.79. The van der Waals surface area contributed by atoms with Crippen molar-refractivity contribution >= 4 is 0 Å². The fraction of sp³-hybridized carbons (Fsp3) is 0.800. The molecule has 0 saturated carbocycles. The Hall–Kier alpha value is -1.12. The summed E-state index contributed by atoms with van der Waals surface area (Å²) in [6.07, 6.45) is 17.0. The third kappa shape index (κ3) is 8.34. The van der Waals surface area contributed by atoms with Gasteiger partial charge in [-0.2, -0.15) is 0 Å². The van der Waals surface area contributed by atoms with Crippen LogP contribution in [0.4, 0.5) is 0 Å². The van der Waals surface area contributed by atoms with Gasteiger partial charge in [0, 0.05) is 11.6 Å². The lowest BCUT2D eigenvalue weighted by Gasteiger charge is -2.13. The molecule has 1 heterocycles. The highest BCUT2D eigenvalue weighted by molar-refractivity contribution is 5.35. The molecule has 3 N–H and O–H groups in total. The molecule has 0 aliphatic rings. The standard InChI is InChI=1S/C20H37NO2/c1-3-5-6-7-8-9-10-11-12-13-14-15-17(4-2)18-16-19(22)21-20(18)23/h16-17,21-23H,3-15H2,1-2H3. The SMILES string of the molecule is CCCCCCCCCCCCCC(CC)c1cc(O)[nH]c1O. The first kappa shape index (κ1) is 19.9. The number of aromatic hydroxyl groups is 2. The summed E-state index contributed by atoms with van der Waals surface area (Å²) in [6.45, 7) is 4.41. The Balaban J connectivity index is 2.02. The molecule has 0 bridgehead atoms. The first-order valence-electron chi connectivity index (χ1n) is 9.79. The molecule has 1 aromatic rings. The third-order valence-corrected chi connectivity index (χ3v) is 4.90. The van der Waals surface area contributed by atoms with Crippen molar-refractivity contribution in [3.8, 4) is 11.8 Å². The molecule has 134 valence electrons. The second kappa shape index (κ2) is 12.3. The second-order valence-electron chi connectivity index (χ2n) is 6.89. The van der Waals surface area contributed by atoms with Crippen LogP contribution in [-0.2, 0) is 0 Å². The quantitative estimate of drug-likeness (QED) is 0.337. The molecular weight excluding hydrogens is 286 g/mol. The van der Waals surface area contributed by atoms with E-state index in [2.05, 4.69) is 18.8 Å². The largest absolute Gasteiger partial charge is 0.495 e. The summed E-state index contributed by atoms with van der Waals surface area (Å²) in [4.78, 5) is 2.58. The van der Waals surface area contributed by atoms with Gasteiger partial charge < -0.3 is 10.2 Å². The molecular formula is C20H37NO2. The van der Waals surface area contributed by atoms with Gasteiger partial charge in [0.2, 0.25) is 0 Å². The molecule has 0 radical (unpaired) electrons. The van der Waals surface area contributed by atoms with E-state index in [4.69, 9.17) is 0 Å². The monoisotopic (exact) mass is 323 g/mol. The summed E-state index contributed by atoms with van der Waals surface area (Å²) in [6, 6.07) is 1.67. The predicted molar refractivity (Wildman–Crippen MR) is 98.2 cm³/mol. The molecule has 0 aliphatic heterocycles. The van der Waals surface area contributed by atoms with E-state index in [-0.39, 0.29) is 11.8 Å². The molecule has 1 rings (SSSR count). The van der Waals surface area contributed by atoms with Gasteiger partial charge in [-0.05, 0) is 18.8 Å². The van der Waals surface area contributed by atoms with Crippen LogP contribution >= 0.6 is 0 Å². The number of unbranched alkanes of at least 4 members (excludes halogenated alkanes) is 10. The highest BCUT2D eigenvalue weighted by Crippen LogP contribution is 2.34. The highest BCUT2D eigenvalue weighted by atomic mass is 16.3. The zero-order chi connectivity index (χ0) is 16.9. The third-order valence-electron chi connectivity index (χ3n) is 4.90. The molecule has 1 unspecified atom stereocenters. The molecule has 0 spiro atoms. The first-order chi connectivity index (χ1) is 11.2. The van der Waals surface area contributed by atoms with E-state index in [1.807, 2.05) is 0 Å². The van der Waals surface area contributed by atoms with E-state index in [9.17, 15) is 10.2 Å². The molecule has 1 aromatic heterocycles. The summed E-state index contributed by atoms with van der Waals surface area (Å²) in [5.41, 5.74) is 0.872. The molecule has 23 heavy (non-hydrogen) atoms. The van der Waals surface area contributed by atoms with Crippen LogP contribution in [0.25, 0.3) is 0 Å². The Bertz CT molecular complexity index is 400. The van der Waals surface area contributed by atoms with Crippen LogP contribution in [0.5, 0.6) is 11.8 Å². The van der Waals surface area contributed by atoms with Gasteiger partial charge in [0.25, 0.3) is 0 Å². The lowest BCUT2D eigenvalue weighted by molar-refractivity contribution is 0.418. The minimum atomic E-state index is 0.0647. The summed E-state index contributed by atoms with van der Waals surface area (Å²) < 4.78 is 0. The van der Waals surface area contributed by atoms with Gasteiger partial charge >= 0.3 is 0 Å². The van der Waals surface area contributed by atoms with E-state index in [1.54, 1.807) is 6.07 Å². The van der Waals surface area contributed by atoms with Crippen LogP contribution in [0.15, 0.2) is 6.07 Å². The van der Waals surface area contributed by atoms with Crippen LogP contribution in [0, 0.1) is 0 Å². The Morgan fingerprint density at radius 3 is 1.78 bits per heavy atom. The number of H-pyrrole nitrogens is 1. The fourth-order valence-corrected chi connectivity index (χ4v) is 3.39. The van der Waals surface area contributed by atoms with Gasteiger partial charge in [0.1, 0.15) is 0 Å². The van der Waals surface area contributed by atoms with Crippen LogP contribution in [0.3, 0.4) is 0 Å². The Morgan fingerprint density at radius 2 is 1.35 bits per heavy atom. The predicted octanol–water partition coefficient (Wildman–Crippen LogP) is 6.62. The van der Waals surface area contributed by atoms with Gasteiger partial charge in [-0.15, -0.1) is 0 Å². The van der Waals surface area contributed by atoms with Crippen molar-refractivity contribution in [2.75, 3.05) is 0 Å². The molecule has 0 aliphatic carbocycles. The van der Waals surface area contributed by atoms with Gasteiger partial charge in [-0.25, -0.2) is 0 Å². The Labute approximate surface area is 142 Å². The molecule has 0 aromatic carbocycles. The van der Waals surface area contributed by atoms with Crippen molar-refractivity contribution in [1.82, 2.24) is 4.98 Å². The molecule has 0 amide bonds. The van der Waals surface area contributed by atoms with Crippen molar-refractivity contribution in [3.63, 3.8) is 0 Å². The molecule has 1 atom stereocenters. The minimum Gasteiger partial charge on any atom is -0.495 e. The molecule has 0 saturated heterocycles. The van der Waals surface area contributed by atoms with E-state index in [1.165, 1.54) is 70.6 Å². The number of nitrogens with one attached hydrogen (secondary N) is 1. The van der Waals surface area contributed by atoms with Crippen molar-refractivity contribution in [1.29, 1.82) is 0 Å². The van der Waals surface area contributed by atoms with Crippen molar-refractivity contribution in [3.05, 3.63) is 11.6 Å². The number of aromatic nitrogens is 1. The highest BCUT2D eigenvalue weighted by Gasteiger charge is 2.16. The van der Waals surface area contributed by atoms with E-state index >= 15 is 0 Å². The lowest BCUT2D eigenvalue weighted by atomic mass is 9.92. The maximum atomic E-state index is 9.79. The number of aromatic amines is 1. The van der Waals surface area contributed by atoms with Crippen LogP contribution in [0.1, 0.15) is 109 Å². The zero-order valence-corrected chi connectivity index (χ0v) is 15.2. The average molecular weight is 324 g/mol. The molecule has 3 heteroatoms. The van der Waals surface area contributed by atoms with Crippen LogP contribution in [-0.4, -0.2) is 15.2 Å². The van der Waals surface area contributed by atoms with Crippen molar-refractivity contribution in [2.24, 2.45) is 0 Å². The molecule has 3 nitrogen and oxygen atoms in total. The van der Waals surface area contributed by atoms with Crippen LogP contribution in [0.2, 0.25) is 0 Å². The number of rotatable bonds is 14. The number of hydrogen-bond donors (Lipinski definition) is 3. The zero-order valence-electron chi connectivity index (χ0n) is 15.2. The Morgan fingerprint density at radius 1 is 0.826 bits per heavy atom. The van der Waals surface area contributed by atoms with Crippen molar-refractivity contribution < 1.29 is 10.2 Å². The summed E-state index contributed by atoms with van der Waals surface area (Å²) in [5, 5.41) is 19.2. The normalized spacial score (nSPS) is 12.6. The van der Waals surface area contributed by atoms with Crippen molar-refractivity contribution in [2.45, 2.75) is 103 Å². The maximum Gasteiger partial charge on any atom is 0.194 e. The van der Waals surface area contributed by atoms with Gasteiger partial charge in [0.05, 0.1) is 0 Å². The fourth-order valence-electron chi connectivity index (χ4n) is 3.39. The topological polar surface area (TPSA) is 56.2 Å². The summed E-state index contributed by atoms with van der Waals surface area (Å²) in [5.74, 6) is 0.554. The maximum absolute atomic E-state index is 9.79. The average Bonchev–Trinajstić information content (AvgIpc) is 2.87. The minimum absolute atomic E-state index is 0.0647. The van der Waals surface area contributed by atoms with Gasteiger partial charge in [-0.1, -0.05) is 84.5 Å². The van der Waals surface area contributed by atoms with Gasteiger partial charge in [0.15, 0.2) is 11.8 Å².